The minimum absolute atomic E-state index is 0.107. The third-order valence-corrected chi connectivity index (χ3v) is 6.05. The van der Waals surface area contributed by atoms with E-state index in [0.717, 1.165) is 33.5 Å². The first kappa shape index (κ1) is 22.0. The van der Waals surface area contributed by atoms with Crippen LogP contribution in [0.3, 0.4) is 0 Å². The van der Waals surface area contributed by atoms with Crippen molar-refractivity contribution in [2.24, 2.45) is 0 Å². The second-order valence-electron chi connectivity index (χ2n) is 9.83. The van der Waals surface area contributed by atoms with Gasteiger partial charge in [0.05, 0.1) is 12.2 Å². The van der Waals surface area contributed by atoms with Crippen LogP contribution >= 0.6 is 0 Å². The predicted octanol–water partition coefficient (Wildman–Crippen LogP) is 5.85. The van der Waals surface area contributed by atoms with Crippen LogP contribution in [0.5, 0.6) is 0 Å². The highest BCUT2D eigenvalue weighted by Crippen LogP contribution is 2.32. The van der Waals surface area contributed by atoms with Gasteiger partial charge in [-0.15, -0.1) is 0 Å². The van der Waals surface area contributed by atoms with Crippen molar-refractivity contribution >= 4 is 17.1 Å². The van der Waals surface area contributed by atoms with Gasteiger partial charge in [0.2, 0.25) is 0 Å². The molecule has 1 amide bonds. The third-order valence-electron chi connectivity index (χ3n) is 6.05. The number of aryl methyl sites for hydroxylation is 1. The Hall–Kier alpha value is -3.80. The van der Waals surface area contributed by atoms with E-state index < -0.39 is 5.60 Å². The first-order valence-corrected chi connectivity index (χ1v) is 11.5. The lowest BCUT2D eigenvalue weighted by Gasteiger charge is -2.29. The number of hydrogen-bond donors (Lipinski definition) is 0. The van der Waals surface area contributed by atoms with Crippen LogP contribution in [0, 0.1) is 6.92 Å². The second kappa shape index (κ2) is 8.20. The molecule has 0 aliphatic carbocycles. The summed E-state index contributed by atoms with van der Waals surface area (Å²) in [7, 11) is 0. The molecule has 4 aromatic rings. The zero-order valence-corrected chi connectivity index (χ0v) is 19.9. The lowest BCUT2D eigenvalue weighted by Crippen LogP contribution is -2.39. The first-order chi connectivity index (χ1) is 16.2. The van der Waals surface area contributed by atoms with E-state index in [1.165, 1.54) is 5.56 Å². The maximum Gasteiger partial charge on any atom is 0.410 e. The fourth-order valence-corrected chi connectivity index (χ4v) is 4.32. The van der Waals surface area contributed by atoms with Gasteiger partial charge in [-0.05, 0) is 57.0 Å². The second-order valence-corrected chi connectivity index (χ2v) is 9.83. The van der Waals surface area contributed by atoms with Crippen LogP contribution in [-0.2, 0) is 17.7 Å². The summed E-state index contributed by atoms with van der Waals surface area (Å²) < 4.78 is 13.3. The van der Waals surface area contributed by atoms with Gasteiger partial charge in [0.15, 0.2) is 0 Å². The van der Waals surface area contributed by atoms with Crippen LogP contribution in [0.25, 0.3) is 27.8 Å². The molecule has 2 aromatic carbocycles. The van der Waals surface area contributed by atoms with Crippen molar-refractivity contribution in [1.29, 1.82) is 0 Å². The van der Waals surface area contributed by atoms with E-state index in [0.29, 0.717) is 25.1 Å². The molecule has 3 heterocycles. The molecule has 0 saturated heterocycles. The Balaban J connectivity index is 1.44. The Morgan fingerprint density at radius 1 is 1.00 bits per heavy atom. The molecular formula is C28H28N2O4. The monoisotopic (exact) mass is 456 g/mol. The van der Waals surface area contributed by atoms with Crippen LogP contribution in [0.2, 0.25) is 0 Å². The number of amides is 1. The molecular weight excluding hydrogens is 428 g/mol. The molecule has 0 N–H and O–H groups in total. The summed E-state index contributed by atoms with van der Waals surface area (Å²) in [4.78, 5) is 27.2. The SMILES string of the molecule is Cc1ccc(-c2ccn(-c3ccc4c5c(oc4c3)CCN(C(=O)OC(C)(C)C)C5)c(=O)c2)cc1. The maximum atomic E-state index is 12.9. The fraction of sp³-hybridized carbons (Fsp3) is 0.286. The highest BCUT2D eigenvalue weighted by atomic mass is 16.6. The Bertz CT molecular complexity index is 1440. The third kappa shape index (κ3) is 4.23. The molecule has 0 spiro atoms. The van der Waals surface area contributed by atoms with E-state index in [4.69, 9.17) is 9.15 Å². The van der Waals surface area contributed by atoms with Crippen molar-refractivity contribution in [2.45, 2.75) is 46.3 Å². The topological polar surface area (TPSA) is 64.7 Å². The van der Waals surface area contributed by atoms with Gasteiger partial charge in [-0.2, -0.15) is 0 Å². The van der Waals surface area contributed by atoms with Gasteiger partial charge in [0, 0.05) is 42.2 Å². The van der Waals surface area contributed by atoms with Crippen molar-refractivity contribution in [3.63, 3.8) is 0 Å². The number of pyridine rings is 1. The Morgan fingerprint density at radius 3 is 2.47 bits per heavy atom. The zero-order valence-electron chi connectivity index (χ0n) is 19.9. The van der Waals surface area contributed by atoms with Crippen molar-refractivity contribution in [3.05, 3.63) is 88.0 Å². The average Bonchev–Trinajstić information content (AvgIpc) is 3.15. The summed E-state index contributed by atoms with van der Waals surface area (Å²) in [5.74, 6) is 0.883. The summed E-state index contributed by atoms with van der Waals surface area (Å²) in [6.07, 6.45) is 2.11. The highest BCUT2D eigenvalue weighted by Gasteiger charge is 2.29. The first-order valence-electron chi connectivity index (χ1n) is 11.5. The molecule has 5 rings (SSSR count). The lowest BCUT2D eigenvalue weighted by atomic mass is 10.0. The number of aromatic nitrogens is 1. The van der Waals surface area contributed by atoms with E-state index in [-0.39, 0.29) is 11.7 Å². The molecule has 0 saturated carbocycles. The van der Waals surface area contributed by atoms with Crippen LogP contribution in [0.15, 0.2) is 70.0 Å². The van der Waals surface area contributed by atoms with Gasteiger partial charge < -0.3 is 14.1 Å². The molecule has 0 bridgehead atoms. The van der Waals surface area contributed by atoms with E-state index in [1.807, 2.05) is 76.2 Å². The largest absolute Gasteiger partial charge is 0.461 e. The highest BCUT2D eigenvalue weighted by molar-refractivity contribution is 5.85. The van der Waals surface area contributed by atoms with Crippen molar-refractivity contribution in [1.82, 2.24) is 9.47 Å². The van der Waals surface area contributed by atoms with Gasteiger partial charge in [-0.1, -0.05) is 29.8 Å². The maximum absolute atomic E-state index is 12.9. The summed E-state index contributed by atoms with van der Waals surface area (Å²) in [6.45, 7) is 8.63. The van der Waals surface area contributed by atoms with Gasteiger partial charge in [-0.25, -0.2) is 4.79 Å². The van der Waals surface area contributed by atoms with Gasteiger partial charge >= 0.3 is 6.09 Å². The summed E-state index contributed by atoms with van der Waals surface area (Å²) >= 11 is 0. The van der Waals surface area contributed by atoms with Crippen molar-refractivity contribution < 1.29 is 13.9 Å². The van der Waals surface area contributed by atoms with Crippen LogP contribution in [0.1, 0.15) is 37.7 Å². The van der Waals surface area contributed by atoms with E-state index >= 15 is 0 Å². The van der Waals surface area contributed by atoms with Gasteiger partial charge in [0.1, 0.15) is 16.9 Å². The van der Waals surface area contributed by atoms with Gasteiger partial charge in [-0.3, -0.25) is 9.36 Å². The predicted molar refractivity (Wildman–Crippen MR) is 132 cm³/mol. The van der Waals surface area contributed by atoms with Crippen LogP contribution in [-0.4, -0.2) is 27.7 Å². The number of carbonyl (C=O) groups is 1. The number of benzene rings is 2. The number of furan rings is 1. The molecule has 34 heavy (non-hydrogen) atoms. The normalized spacial score (nSPS) is 13.7. The zero-order chi connectivity index (χ0) is 24.0. The van der Waals surface area contributed by atoms with Crippen LogP contribution in [0.4, 0.5) is 4.79 Å². The molecule has 174 valence electrons. The fourth-order valence-electron chi connectivity index (χ4n) is 4.32. The molecule has 0 radical (unpaired) electrons. The molecule has 0 fully saturated rings. The molecule has 6 heteroatoms. The standard InChI is InChI=1S/C28H28N2O4/c1-18-5-7-19(8-6-18)20-11-14-30(26(31)15-20)21-9-10-22-23-17-29(27(32)34-28(2,3)4)13-12-24(23)33-25(22)16-21/h5-11,14-16H,12-13,17H2,1-4H3. The van der Waals surface area contributed by atoms with Crippen LogP contribution < -0.4 is 5.56 Å². The Labute approximate surface area is 198 Å². The molecule has 6 nitrogen and oxygen atoms in total. The van der Waals surface area contributed by atoms with Gasteiger partial charge in [0.25, 0.3) is 5.56 Å². The summed E-state index contributed by atoms with van der Waals surface area (Å²) in [5, 5.41) is 0.955. The number of nitrogens with zero attached hydrogens (tertiary/aromatic N) is 2. The molecule has 0 atom stereocenters. The molecule has 2 aromatic heterocycles. The summed E-state index contributed by atoms with van der Waals surface area (Å²) in [6, 6.07) is 17.5. The number of carbonyl (C=O) groups excluding carboxylic acids is 1. The average molecular weight is 457 g/mol. The Kier molecular flexibility index (Phi) is 5.31. The quantitative estimate of drug-likeness (QED) is 0.379. The number of rotatable bonds is 2. The molecule has 1 aliphatic rings. The Morgan fingerprint density at radius 2 is 1.76 bits per heavy atom. The van der Waals surface area contributed by atoms with Crippen molar-refractivity contribution in [3.8, 4) is 16.8 Å². The molecule has 0 unspecified atom stereocenters. The lowest BCUT2D eigenvalue weighted by molar-refractivity contribution is 0.0220. The summed E-state index contributed by atoms with van der Waals surface area (Å²) in [5.41, 5.74) is 4.89. The number of hydrogen-bond acceptors (Lipinski definition) is 4. The minimum Gasteiger partial charge on any atom is -0.461 e. The number of fused-ring (bicyclic) bond motifs is 3. The molecule has 1 aliphatic heterocycles. The number of ether oxygens (including phenoxy) is 1. The van der Waals surface area contributed by atoms with Crippen molar-refractivity contribution in [2.75, 3.05) is 6.54 Å². The van der Waals surface area contributed by atoms with E-state index in [9.17, 15) is 9.59 Å². The smallest absolute Gasteiger partial charge is 0.410 e. The minimum atomic E-state index is -0.535. The van der Waals surface area contributed by atoms with E-state index in [1.54, 1.807) is 21.7 Å². The van der Waals surface area contributed by atoms with E-state index in [2.05, 4.69) is 0 Å².